The fourth-order valence-corrected chi connectivity index (χ4v) is 2.83. The van der Waals surface area contributed by atoms with Gasteiger partial charge in [0.15, 0.2) is 0 Å². The number of amides is 4. The number of unbranched alkanes of at least 4 members (excludes halogenated alkanes) is 1. The molecular weight excluding hydrogens is 448 g/mol. The number of aliphatic carboxylic acids is 1. The lowest BCUT2D eigenvalue weighted by atomic mass is 10.1. The molecule has 12 nitrogen and oxygen atoms in total. The summed E-state index contributed by atoms with van der Waals surface area (Å²) < 4.78 is 0. The first-order chi connectivity index (χ1) is 14.6. The van der Waals surface area contributed by atoms with Crippen molar-refractivity contribution in [1.82, 2.24) is 16.0 Å². The van der Waals surface area contributed by atoms with Crippen LogP contribution in [0.3, 0.4) is 0 Å². The van der Waals surface area contributed by atoms with E-state index in [1.165, 1.54) is 0 Å². The second-order valence-corrected chi connectivity index (χ2v) is 7.51. The average molecular weight is 481 g/mol. The van der Waals surface area contributed by atoms with Gasteiger partial charge in [0, 0.05) is 17.9 Å². The van der Waals surface area contributed by atoms with Gasteiger partial charge in [0.05, 0.1) is 6.04 Å². The molecule has 0 aliphatic carbocycles. The molecule has 0 aliphatic rings. The van der Waals surface area contributed by atoms with Crippen molar-refractivity contribution in [2.75, 3.05) is 18.1 Å². The molecule has 0 saturated heterocycles. The lowest BCUT2D eigenvalue weighted by Crippen LogP contribution is -2.57. The Morgan fingerprint density at radius 1 is 0.806 bits per heavy atom. The van der Waals surface area contributed by atoms with Crippen LogP contribution in [-0.2, 0) is 24.0 Å². The minimum Gasteiger partial charge on any atom is -0.480 e. The second-order valence-electron chi connectivity index (χ2n) is 6.78. The molecule has 0 aromatic rings. The van der Waals surface area contributed by atoms with Crippen molar-refractivity contribution < 1.29 is 29.1 Å². The number of hydrogen-bond acceptors (Lipinski definition) is 9. The SMILES string of the molecule is NCCCCC(NC(=O)C(CS)NC(=O)C(N)CS)C(=O)NC(CCC(N)=O)C(=O)O. The molecule has 0 bridgehead atoms. The number of hydrogen-bond donors (Lipinski definition) is 9. The van der Waals surface area contributed by atoms with Gasteiger partial charge in [-0.3, -0.25) is 19.2 Å². The largest absolute Gasteiger partial charge is 0.480 e. The van der Waals surface area contributed by atoms with E-state index in [2.05, 4.69) is 41.2 Å². The Kier molecular flexibility index (Phi) is 14.7. The van der Waals surface area contributed by atoms with E-state index in [0.717, 1.165) is 0 Å². The van der Waals surface area contributed by atoms with Gasteiger partial charge >= 0.3 is 5.97 Å². The van der Waals surface area contributed by atoms with Crippen molar-refractivity contribution in [3.8, 4) is 0 Å². The Labute approximate surface area is 191 Å². The maximum Gasteiger partial charge on any atom is 0.326 e. The molecule has 4 amide bonds. The minimum atomic E-state index is -1.36. The second kappa shape index (κ2) is 15.7. The summed E-state index contributed by atoms with van der Waals surface area (Å²) in [7, 11) is 0. The minimum absolute atomic E-state index is 0.0651. The van der Waals surface area contributed by atoms with Crippen LogP contribution in [0.2, 0.25) is 0 Å². The molecule has 0 radical (unpaired) electrons. The van der Waals surface area contributed by atoms with Gasteiger partial charge in [0.1, 0.15) is 18.1 Å². The van der Waals surface area contributed by atoms with E-state index in [9.17, 15) is 29.1 Å². The van der Waals surface area contributed by atoms with Crippen LogP contribution in [-0.4, -0.2) is 76.9 Å². The maximum atomic E-state index is 12.6. The fourth-order valence-electron chi connectivity index (χ4n) is 2.41. The number of carbonyl (C=O) groups is 5. The Bertz CT molecular complexity index is 638. The van der Waals surface area contributed by atoms with Gasteiger partial charge in [0.25, 0.3) is 0 Å². The van der Waals surface area contributed by atoms with Crippen molar-refractivity contribution in [2.45, 2.75) is 56.3 Å². The molecular formula is C17H32N6O6S2. The molecule has 0 heterocycles. The fraction of sp³-hybridized carbons (Fsp3) is 0.706. The van der Waals surface area contributed by atoms with Gasteiger partial charge < -0.3 is 38.3 Å². The number of nitrogens with two attached hydrogens (primary N) is 3. The van der Waals surface area contributed by atoms with Crippen molar-refractivity contribution in [1.29, 1.82) is 0 Å². The van der Waals surface area contributed by atoms with Crippen LogP contribution in [0, 0.1) is 0 Å². The standard InChI is InChI=1S/C17H32N6O6S2/c18-6-2-1-3-10(15(26)22-11(17(28)29)4-5-13(20)24)21-16(27)12(8-31)23-14(25)9(19)7-30/h9-12,30-31H,1-8,18-19H2,(H2,20,24)(H,21,27)(H,22,26)(H,23,25)(H,28,29). The molecule has 0 fully saturated rings. The highest BCUT2D eigenvalue weighted by Crippen LogP contribution is 2.05. The summed E-state index contributed by atoms with van der Waals surface area (Å²) in [6.45, 7) is 0.371. The monoisotopic (exact) mass is 480 g/mol. The number of carbonyl (C=O) groups excluding carboxylic acids is 4. The maximum absolute atomic E-state index is 12.6. The summed E-state index contributed by atoms with van der Waals surface area (Å²) in [5.74, 6) is -4.10. The predicted octanol–water partition coefficient (Wildman–Crippen LogP) is -2.89. The van der Waals surface area contributed by atoms with E-state index in [4.69, 9.17) is 17.2 Å². The van der Waals surface area contributed by atoms with Crippen LogP contribution >= 0.6 is 25.3 Å². The van der Waals surface area contributed by atoms with Gasteiger partial charge in [-0.05, 0) is 32.2 Å². The molecule has 0 aliphatic heterocycles. The summed E-state index contributed by atoms with van der Waals surface area (Å²) in [4.78, 5) is 59.5. The Morgan fingerprint density at radius 3 is 1.84 bits per heavy atom. The van der Waals surface area contributed by atoms with E-state index in [1.807, 2.05) is 0 Å². The van der Waals surface area contributed by atoms with Gasteiger partial charge in [0.2, 0.25) is 23.6 Å². The van der Waals surface area contributed by atoms with Crippen LogP contribution in [0.1, 0.15) is 32.1 Å². The lowest BCUT2D eigenvalue weighted by Gasteiger charge is -2.24. The molecule has 0 aromatic heterocycles. The van der Waals surface area contributed by atoms with Crippen LogP contribution < -0.4 is 33.2 Å². The molecule has 31 heavy (non-hydrogen) atoms. The zero-order valence-electron chi connectivity index (χ0n) is 17.1. The van der Waals surface area contributed by atoms with Crippen molar-refractivity contribution in [3.05, 3.63) is 0 Å². The van der Waals surface area contributed by atoms with E-state index in [-0.39, 0.29) is 30.8 Å². The zero-order chi connectivity index (χ0) is 24.0. The third-order valence-corrected chi connectivity index (χ3v) is 4.98. The smallest absolute Gasteiger partial charge is 0.326 e. The van der Waals surface area contributed by atoms with E-state index in [0.29, 0.717) is 19.4 Å². The van der Waals surface area contributed by atoms with E-state index >= 15 is 0 Å². The summed E-state index contributed by atoms with van der Waals surface area (Å²) >= 11 is 7.96. The first-order valence-corrected chi connectivity index (χ1v) is 10.9. The highest BCUT2D eigenvalue weighted by Gasteiger charge is 2.29. The quantitative estimate of drug-likeness (QED) is 0.0822. The summed E-state index contributed by atoms with van der Waals surface area (Å²) in [6, 6.07) is -4.45. The molecule has 0 rings (SSSR count). The molecule has 178 valence electrons. The average Bonchev–Trinajstić information content (AvgIpc) is 2.72. The molecule has 10 N–H and O–H groups in total. The van der Waals surface area contributed by atoms with Gasteiger partial charge in [-0.1, -0.05) is 0 Å². The summed E-state index contributed by atoms with van der Waals surface area (Å²) in [6.07, 6.45) is 0.807. The first kappa shape index (κ1) is 29.0. The van der Waals surface area contributed by atoms with Gasteiger partial charge in [-0.2, -0.15) is 25.3 Å². The molecule has 4 atom stereocenters. The van der Waals surface area contributed by atoms with Crippen LogP contribution in [0.25, 0.3) is 0 Å². The summed E-state index contributed by atoms with van der Waals surface area (Å²) in [5, 5.41) is 16.5. The third kappa shape index (κ3) is 11.8. The Balaban J connectivity index is 5.26. The number of carboxylic acids is 1. The number of thiol groups is 2. The molecule has 14 heteroatoms. The Hall–Kier alpha value is -2.03. The van der Waals surface area contributed by atoms with Crippen LogP contribution in [0.5, 0.6) is 0 Å². The topological polar surface area (TPSA) is 220 Å². The van der Waals surface area contributed by atoms with Gasteiger partial charge in [-0.25, -0.2) is 4.79 Å². The van der Waals surface area contributed by atoms with E-state index < -0.39 is 53.8 Å². The number of rotatable bonds is 16. The predicted molar refractivity (Wildman–Crippen MR) is 120 cm³/mol. The van der Waals surface area contributed by atoms with E-state index in [1.54, 1.807) is 0 Å². The number of nitrogens with one attached hydrogen (secondary N) is 3. The zero-order valence-corrected chi connectivity index (χ0v) is 18.9. The normalized spacial score (nSPS) is 14.6. The third-order valence-electron chi connectivity index (χ3n) is 4.22. The van der Waals surface area contributed by atoms with Crippen LogP contribution in [0.15, 0.2) is 0 Å². The number of carboxylic acid groups (broad SMARTS) is 1. The Morgan fingerprint density at radius 2 is 1.35 bits per heavy atom. The molecule has 0 spiro atoms. The van der Waals surface area contributed by atoms with Crippen LogP contribution in [0.4, 0.5) is 0 Å². The summed E-state index contributed by atoms with van der Waals surface area (Å²) in [5.41, 5.74) is 16.1. The molecule has 0 saturated carbocycles. The van der Waals surface area contributed by atoms with Crippen molar-refractivity contribution in [2.24, 2.45) is 17.2 Å². The van der Waals surface area contributed by atoms with Crippen molar-refractivity contribution >= 4 is 54.9 Å². The highest BCUT2D eigenvalue weighted by molar-refractivity contribution is 7.80. The highest BCUT2D eigenvalue weighted by atomic mass is 32.1. The van der Waals surface area contributed by atoms with Crippen molar-refractivity contribution in [3.63, 3.8) is 0 Å². The first-order valence-electron chi connectivity index (χ1n) is 9.66. The molecule has 4 unspecified atom stereocenters. The molecule has 0 aromatic carbocycles. The lowest BCUT2D eigenvalue weighted by molar-refractivity contribution is -0.142. The number of primary amides is 1. The van der Waals surface area contributed by atoms with Gasteiger partial charge in [-0.15, -0.1) is 0 Å².